The van der Waals surface area contributed by atoms with Crippen molar-refractivity contribution < 1.29 is 9.53 Å². The van der Waals surface area contributed by atoms with E-state index >= 15 is 0 Å². The fourth-order valence-corrected chi connectivity index (χ4v) is 2.27. The van der Waals surface area contributed by atoms with Gasteiger partial charge in [-0.15, -0.1) is 0 Å². The third-order valence-corrected chi connectivity index (χ3v) is 3.18. The Balaban J connectivity index is 2.96. The van der Waals surface area contributed by atoms with Crippen LogP contribution in [-0.2, 0) is 4.74 Å². The number of amides is 1. The van der Waals surface area contributed by atoms with Crippen LogP contribution in [0.3, 0.4) is 0 Å². The van der Waals surface area contributed by atoms with Crippen LogP contribution < -0.4 is 5.73 Å². The van der Waals surface area contributed by atoms with Crippen molar-refractivity contribution >= 4 is 6.09 Å². The topological polar surface area (TPSA) is 55.6 Å². The highest BCUT2D eigenvalue weighted by Crippen LogP contribution is 2.26. The van der Waals surface area contributed by atoms with Gasteiger partial charge >= 0.3 is 6.09 Å². The summed E-state index contributed by atoms with van der Waals surface area (Å²) in [6.45, 7) is 8.90. The molecule has 0 aliphatic heterocycles. The maximum absolute atomic E-state index is 12.5. The summed E-state index contributed by atoms with van der Waals surface area (Å²) in [5.41, 5.74) is 6.24. The molecule has 0 heterocycles. The van der Waals surface area contributed by atoms with Gasteiger partial charge in [-0.25, -0.2) is 4.79 Å². The molecule has 0 fully saturated rings. The standard InChI is InChI=1S/C17H28N2O2/c1-5-15(14-10-7-6-8-11-14)19(13-9-12-18)16(20)21-17(2,3)4/h6-8,10-11,15H,5,9,12-13,18H2,1-4H3/t15-/m0/s1. The molecule has 1 rings (SSSR count). The van der Waals surface area contributed by atoms with Gasteiger partial charge in [-0.2, -0.15) is 0 Å². The summed E-state index contributed by atoms with van der Waals surface area (Å²) < 4.78 is 5.55. The van der Waals surface area contributed by atoms with E-state index in [4.69, 9.17) is 10.5 Å². The zero-order valence-electron chi connectivity index (χ0n) is 13.6. The summed E-state index contributed by atoms with van der Waals surface area (Å²) >= 11 is 0. The van der Waals surface area contributed by atoms with Crippen molar-refractivity contribution in [3.63, 3.8) is 0 Å². The second-order valence-corrected chi connectivity index (χ2v) is 6.15. The van der Waals surface area contributed by atoms with Crippen LogP contribution >= 0.6 is 0 Å². The predicted octanol–water partition coefficient (Wildman–Crippen LogP) is 3.72. The van der Waals surface area contributed by atoms with Gasteiger partial charge in [0.2, 0.25) is 0 Å². The quantitative estimate of drug-likeness (QED) is 0.869. The lowest BCUT2D eigenvalue weighted by Crippen LogP contribution is -2.40. The van der Waals surface area contributed by atoms with Crippen LogP contribution in [0.5, 0.6) is 0 Å². The molecule has 0 spiro atoms. The van der Waals surface area contributed by atoms with E-state index in [2.05, 4.69) is 6.92 Å². The molecule has 0 unspecified atom stereocenters. The lowest BCUT2D eigenvalue weighted by Gasteiger charge is -2.33. The number of hydrogen-bond acceptors (Lipinski definition) is 3. The molecule has 0 aromatic heterocycles. The minimum absolute atomic E-state index is 0.0209. The van der Waals surface area contributed by atoms with Crippen LogP contribution in [-0.4, -0.2) is 29.7 Å². The van der Waals surface area contributed by atoms with E-state index in [0.717, 1.165) is 18.4 Å². The molecule has 0 saturated carbocycles. The Bertz CT molecular complexity index is 426. The first-order chi connectivity index (χ1) is 9.89. The van der Waals surface area contributed by atoms with Gasteiger partial charge in [0.1, 0.15) is 5.60 Å². The smallest absolute Gasteiger partial charge is 0.410 e. The molecule has 0 aliphatic carbocycles. The maximum Gasteiger partial charge on any atom is 0.410 e. The SMILES string of the molecule is CC[C@@H](c1ccccc1)N(CCCN)C(=O)OC(C)(C)C. The van der Waals surface area contributed by atoms with Crippen molar-refractivity contribution in [2.45, 2.75) is 52.2 Å². The summed E-state index contributed by atoms with van der Waals surface area (Å²) in [6.07, 6.45) is 1.34. The van der Waals surface area contributed by atoms with Crippen LogP contribution in [0, 0.1) is 0 Å². The summed E-state index contributed by atoms with van der Waals surface area (Å²) in [7, 11) is 0. The van der Waals surface area contributed by atoms with E-state index in [1.165, 1.54) is 0 Å². The van der Waals surface area contributed by atoms with Gasteiger partial charge in [0, 0.05) is 6.54 Å². The first kappa shape index (κ1) is 17.5. The zero-order valence-corrected chi connectivity index (χ0v) is 13.6. The van der Waals surface area contributed by atoms with Crippen molar-refractivity contribution in [1.29, 1.82) is 0 Å². The Labute approximate surface area is 128 Å². The first-order valence-electron chi connectivity index (χ1n) is 7.63. The molecule has 0 saturated heterocycles. The average Bonchev–Trinajstić information content (AvgIpc) is 2.42. The molecule has 1 atom stereocenters. The van der Waals surface area contributed by atoms with Crippen LogP contribution in [0.25, 0.3) is 0 Å². The summed E-state index contributed by atoms with van der Waals surface area (Å²) in [5.74, 6) is 0. The molecule has 0 aliphatic rings. The number of rotatable bonds is 6. The Hall–Kier alpha value is -1.55. The van der Waals surface area contributed by atoms with Crippen LogP contribution in [0.1, 0.15) is 52.1 Å². The second kappa shape index (κ2) is 8.03. The molecular formula is C17H28N2O2. The maximum atomic E-state index is 12.5. The molecule has 2 N–H and O–H groups in total. The summed E-state index contributed by atoms with van der Waals surface area (Å²) in [5, 5.41) is 0. The molecule has 0 radical (unpaired) electrons. The molecule has 4 nitrogen and oxygen atoms in total. The Morgan fingerprint density at radius 2 is 1.90 bits per heavy atom. The lowest BCUT2D eigenvalue weighted by molar-refractivity contribution is 0.0151. The van der Waals surface area contributed by atoms with E-state index in [1.807, 2.05) is 51.1 Å². The number of nitrogens with zero attached hydrogens (tertiary/aromatic N) is 1. The third kappa shape index (κ3) is 5.76. The second-order valence-electron chi connectivity index (χ2n) is 6.15. The average molecular weight is 292 g/mol. The van der Waals surface area contributed by atoms with Gasteiger partial charge in [-0.3, -0.25) is 0 Å². The van der Waals surface area contributed by atoms with Gasteiger partial charge < -0.3 is 15.4 Å². The molecule has 1 aromatic rings. The number of nitrogens with two attached hydrogens (primary N) is 1. The normalized spacial score (nSPS) is 12.8. The van der Waals surface area contributed by atoms with Gasteiger partial charge in [0.25, 0.3) is 0 Å². The molecular weight excluding hydrogens is 264 g/mol. The van der Waals surface area contributed by atoms with E-state index in [1.54, 1.807) is 4.90 Å². The molecule has 1 amide bonds. The monoisotopic (exact) mass is 292 g/mol. The highest BCUT2D eigenvalue weighted by atomic mass is 16.6. The van der Waals surface area contributed by atoms with Crippen LogP contribution in [0.4, 0.5) is 4.79 Å². The molecule has 118 valence electrons. The molecule has 0 bridgehead atoms. The fourth-order valence-electron chi connectivity index (χ4n) is 2.27. The van der Waals surface area contributed by atoms with E-state index in [-0.39, 0.29) is 12.1 Å². The first-order valence-corrected chi connectivity index (χ1v) is 7.63. The predicted molar refractivity (Wildman–Crippen MR) is 86.1 cm³/mol. The fraction of sp³-hybridized carbons (Fsp3) is 0.588. The van der Waals surface area contributed by atoms with Gasteiger partial charge in [0.05, 0.1) is 6.04 Å². The Morgan fingerprint density at radius 3 is 2.38 bits per heavy atom. The number of benzene rings is 1. The van der Waals surface area contributed by atoms with Gasteiger partial charge in [-0.05, 0) is 45.7 Å². The summed E-state index contributed by atoms with van der Waals surface area (Å²) in [4.78, 5) is 14.3. The van der Waals surface area contributed by atoms with Crippen LogP contribution in [0.2, 0.25) is 0 Å². The number of carbonyl (C=O) groups excluding carboxylic acids is 1. The third-order valence-electron chi connectivity index (χ3n) is 3.18. The number of ether oxygens (including phenoxy) is 1. The van der Waals surface area contributed by atoms with Crippen molar-refractivity contribution in [3.05, 3.63) is 35.9 Å². The van der Waals surface area contributed by atoms with Crippen LogP contribution in [0.15, 0.2) is 30.3 Å². The van der Waals surface area contributed by atoms with Gasteiger partial charge in [0.15, 0.2) is 0 Å². The van der Waals surface area contributed by atoms with Crippen molar-refractivity contribution in [2.75, 3.05) is 13.1 Å². The molecule has 1 aromatic carbocycles. The zero-order chi connectivity index (χ0) is 15.9. The van der Waals surface area contributed by atoms with E-state index in [0.29, 0.717) is 13.1 Å². The lowest BCUT2D eigenvalue weighted by atomic mass is 10.0. The Kier molecular flexibility index (Phi) is 6.69. The van der Waals surface area contributed by atoms with E-state index in [9.17, 15) is 4.79 Å². The largest absolute Gasteiger partial charge is 0.444 e. The molecule has 21 heavy (non-hydrogen) atoms. The summed E-state index contributed by atoms with van der Waals surface area (Å²) in [6, 6.07) is 10.1. The number of hydrogen-bond donors (Lipinski definition) is 1. The van der Waals surface area contributed by atoms with Gasteiger partial charge in [-0.1, -0.05) is 37.3 Å². The van der Waals surface area contributed by atoms with E-state index < -0.39 is 5.60 Å². The highest BCUT2D eigenvalue weighted by Gasteiger charge is 2.27. The minimum Gasteiger partial charge on any atom is -0.444 e. The van der Waals surface area contributed by atoms with Crippen molar-refractivity contribution in [1.82, 2.24) is 4.90 Å². The number of carbonyl (C=O) groups is 1. The minimum atomic E-state index is -0.493. The molecule has 4 heteroatoms. The van der Waals surface area contributed by atoms with Crippen molar-refractivity contribution in [3.8, 4) is 0 Å². The Morgan fingerprint density at radius 1 is 1.29 bits per heavy atom. The van der Waals surface area contributed by atoms with Crippen molar-refractivity contribution in [2.24, 2.45) is 5.73 Å². The highest BCUT2D eigenvalue weighted by molar-refractivity contribution is 5.68.